The summed E-state index contributed by atoms with van der Waals surface area (Å²) < 4.78 is 22.8. The number of primary sulfonamides is 1. The maximum absolute atomic E-state index is 11.4. The molecule has 1 fully saturated rings. The molecule has 0 amide bonds. The molecule has 17 heavy (non-hydrogen) atoms. The van der Waals surface area contributed by atoms with Gasteiger partial charge < -0.3 is 5.32 Å². The second-order valence-electron chi connectivity index (χ2n) is 4.94. The van der Waals surface area contributed by atoms with Gasteiger partial charge in [-0.05, 0) is 43.4 Å². The summed E-state index contributed by atoms with van der Waals surface area (Å²) in [7, 11) is -3.63. The summed E-state index contributed by atoms with van der Waals surface area (Å²) in [6.07, 6.45) is 2.27. The largest absolute Gasteiger partial charge is 0.382 e. The van der Waals surface area contributed by atoms with E-state index in [9.17, 15) is 8.42 Å². The van der Waals surface area contributed by atoms with Crippen LogP contribution >= 0.6 is 0 Å². The minimum Gasteiger partial charge on any atom is -0.382 e. The summed E-state index contributed by atoms with van der Waals surface area (Å²) >= 11 is 0. The smallest absolute Gasteiger partial charge is 0.238 e. The molecule has 0 aliphatic heterocycles. The zero-order valence-corrected chi connectivity index (χ0v) is 10.9. The van der Waals surface area contributed by atoms with Crippen molar-refractivity contribution < 1.29 is 8.42 Å². The fraction of sp³-hybridized carbons (Fsp3) is 0.500. The fourth-order valence-corrected chi connectivity index (χ4v) is 3.06. The van der Waals surface area contributed by atoms with E-state index in [1.807, 2.05) is 6.07 Å². The van der Waals surface area contributed by atoms with Crippen LogP contribution in [0.2, 0.25) is 0 Å². The highest BCUT2D eigenvalue weighted by Crippen LogP contribution is 2.30. The molecule has 0 bridgehead atoms. The molecule has 0 unspecified atom stereocenters. The molecule has 0 radical (unpaired) electrons. The van der Waals surface area contributed by atoms with Gasteiger partial charge in [0.05, 0.1) is 4.90 Å². The van der Waals surface area contributed by atoms with Crippen molar-refractivity contribution in [1.29, 1.82) is 0 Å². The van der Waals surface area contributed by atoms with E-state index in [0.717, 1.165) is 24.4 Å². The lowest BCUT2D eigenvalue weighted by Crippen LogP contribution is -2.33. The van der Waals surface area contributed by atoms with E-state index in [1.165, 1.54) is 0 Å². The molecule has 4 nitrogen and oxygen atoms in total. The first kappa shape index (κ1) is 12.4. The summed E-state index contributed by atoms with van der Waals surface area (Å²) in [5, 5.41) is 8.50. The normalized spacial score (nSPS) is 24.2. The number of hydrogen-bond acceptors (Lipinski definition) is 3. The topological polar surface area (TPSA) is 72.2 Å². The lowest BCUT2D eigenvalue weighted by atomic mass is 9.82. The first-order valence-electron chi connectivity index (χ1n) is 5.76. The van der Waals surface area contributed by atoms with Crippen LogP contribution in [0, 0.1) is 12.8 Å². The molecule has 2 rings (SSSR count). The van der Waals surface area contributed by atoms with Gasteiger partial charge in [-0.3, -0.25) is 0 Å². The van der Waals surface area contributed by atoms with Gasteiger partial charge in [-0.1, -0.05) is 13.0 Å². The van der Waals surface area contributed by atoms with Crippen LogP contribution in [0.5, 0.6) is 0 Å². The summed E-state index contributed by atoms with van der Waals surface area (Å²) in [6.45, 7) is 3.96. The first-order valence-corrected chi connectivity index (χ1v) is 7.31. The molecular weight excluding hydrogens is 236 g/mol. The van der Waals surface area contributed by atoms with Crippen molar-refractivity contribution in [3.8, 4) is 0 Å². The second kappa shape index (κ2) is 4.31. The van der Waals surface area contributed by atoms with E-state index >= 15 is 0 Å². The maximum atomic E-state index is 11.4. The predicted octanol–water partition coefficient (Wildman–Crippen LogP) is 1.85. The van der Waals surface area contributed by atoms with E-state index in [0.29, 0.717) is 11.6 Å². The van der Waals surface area contributed by atoms with Gasteiger partial charge in [-0.2, -0.15) is 0 Å². The number of aryl methyl sites for hydroxylation is 1. The first-order chi connectivity index (χ1) is 7.86. The Hall–Kier alpha value is -1.07. The number of anilines is 1. The average molecular weight is 254 g/mol. The third-order valence-corrected chi connectivity index (χ3v) is 4.29. The standard InChI is InChI=1S/C12H18N2O2S/c1-8-5-11(6-8)14-10-4-3-9(2)12(7-10)17(13,15)16/h3-4,7-8,11,14H,5-6H2,1-2H3,(H2,13,15,16). The molecule has 5 heteroatoms. The SMILES string of the molecule is Cc1ccc(NC2CC(C)C2)cc1S(N)(=O)=O. The van der Waals surface area contributed by atoms with Crippen LogP contribution < -0.4 is 10.5 Å². The zero-order valence-electron chi connectivity index (χ0n) is 10.1. The molecule has 94 valence electrons. The summed E-state index contributed by atoms with van der Waals surface area (Å²) in [6, 6.07) is 5.76. The Morgan fingerprint density at radius 2 is 2.00 bits per heavy atom. The number of sulfonamides is 1. The van der Waals surface area contributed by atoms with Gasteiger partial charge in [-0.25, -0.2) is 13.6 Å². The molecule has 1 aromatic carbocycles. The maximum Gasteiger partial charge on any atom is 0.238 e. The quantitative estimate of drug-likeness (QED) is 0.864. The van der Waals surface area contributed by atoms with Crippen LogP contribution in [0.3, 0.4) is 0 Å². The van der Waals surface area contributed by atoms with Gasteiger partial charge in [0.15, 0.2) is 0 Å². The fourth-order valence-electron chi connectivity index (χ4n) is 2.25. The van der Waals surface area contributed by atoms with Crippen molar-refractivity contribution >= 4 is 15.7 Å². The number of hydrogen-bond donors (Lipinski definition) is 2. The molecule has 0 heterocycles. The van der Waals surface area contributed by atoms with Crippen LogP contribution in [0.15, 0.2) is 23.1 Å². The van der Waals surface area contributed by atoms with Crippen LogP contribution in [-0.2, 0) is 10.0 Å². The molecule has 0 saturated heterocycles. The van der Waals surface area contributed by atoms with Crippen molar-refractivity contribution in [2.24, 2.45) is 11.1 Å². The molecule has 1 saturated carbocycles. The van der Waals surface area contributed by atoms with Crippen LogP contribution in [0.1, 0.15) is 25.3 Å². The minimum atomic E-state index is -3.63. The zero-order chi connectivity index (χ0) is 12.6. The Labute approximate surface area is 102 Å². The predicted molar refractivity (Wildman–Crippen MR) is 68.4 cm³/mol. The Balaban J connectivity index is 2.20. The van der Waals surface area contributed by atoms with E-state index in [4.69, 9.17) is 5.14 Å². The molecule has 0 aromatic heterocycles. The highest BCUT2D eigenvalue weighted by atomic mass is 32.2. The number of nitrogens with two attached hydrogens (primary N) is 1. The van der Waals surface area contributed by atoms with E-state index in [-0.39, 0.29) is 4.90 Å². The molecular formula is C12H18N2O2S. The highest BCUT2D eigenvalue weighted by molar-refractivity contribution is 7.89. The van der Waals surface area contributed by atoms with E-state index in [2.05, 4.69) is 12.2 Å². The van der Waals surface area contributed by atoms with E-state index in [1.54, 1.807) is 19.1 Å². The minimum absolute atomic E-state index is 0.204. The number of rotatable bonds is 3. The third-order valence-electron chi connectivity index (χ3n) is 3.24. The van der Waals surface area contributed by atoms with E-state index < -0.39 is 10.0 Å². The van der Waals surface area contributed by atoms with Crippen molar-refractivity contribution in [3.63, 3.8) is 0 Å². The van der Waals surface area contributed by atoms with Crippen molar-refractivity contribution in [2.45, 2.75) is 37.6 Å². The molecule has 1 aliphatic carbocycles. The summed E-state index contributed by atoms with van der Waals surface area (Å²) in [5.74, 6) is 0.760. The molecule has 3 N–H and O–H groups in total. The highest BCUT2D eigenvalue weighted by Gasteiger charge is 2.25. The van der Waals surface area contributed by atoms with Crippen LogP contribution in [0.4, 0.5) is 5.69 Å². The van der Waals surface area contributed by atoms with Crippen LogP contribution in [0.25, 0.3) is 0 Å². The third kappa shape index (κ3) is 2.79. The average Bonchev–Trinajstić information content (AvgIpc) is 2.16. The Kier molecular flexibility index (Phi) is 3.14. The van der Waals surface area contributed by atoms with Gasteiger partial charge in [0.1, 0.15) is 0 Å². The van der Waals surface area contributed by atoms with Gasteiger partial charge >= 0.3 is 0 Å². The Morgan fingerprint density at radius 1 is 1.35 bits per heavy atom. The monoisotopic (exact) mass is 254 g/mol. The Morgan fingerprint density at radius 3 is 2.53 bits per heavy atom. The number of benzene rings is 1. The molecule has 1 aromatic rings. The van der Waals surface area contributed by atoms with Gasteiger partial charge in [0.2, 0.25) is 10.0 Å². The lowest BCUT2D eigenvalue weighted by molar-refractivity contribution is 0.309. The van der Waals surface area contributed by atoms with Gasteiger partial charge in [-0.15, -0.1) is 0 Å². The van der Waals surface area contributed by atoms with Crippen molar-refractivity contribution in [3.05, 3.63) is 23.8 Å². The van der Waals surface area contributed by atoms with Crippen LogP contribution in [-0.4, -0.2) is 14.5 Å². The van der Waals surface area contributed by atoms with Gasteiger partial charge in [0.25, 0.3) is 0 Å². The second-order valence-corrected chi connectivity index (χ2v) is 6.47. The van der Waals surface area contributed by atoms with Gasteiger partial charge in [0, 0.05) is 11.7 Å². The summed E-state index contributed by atoms with van der Waals surface area (Å²) in [4.78, 5) is 0.204. The summed E-state index contributed by atoms with van der Waals surface area (Å²) in [5.41, 5.74) is 1.51. The lowest BCUT2D eigenvalue weighted by Gasteiger charge is -2.34. The van der Waals surface area contributed by atoms with Crippen molar-refractivity contribution in [2.75, 3.05) is 5.32 Å². The molecule has 0 spiro atoms. The van der Waals surface area contributed by atoms with Crippen molar-refractivity contribution in [1.82, 2.24) is 0 Å². The number of nitrogens with one attached hydrogen (secondary N) is 1. The molecule has 0 atom stereocenters. The Bertz CT molecular complexity index is 519. The molecule has 1 aliphatic rings.